The van der Waals surface area contributed by atoms with Gasteiger partial charge in [0.25, 0.3) is 6.71 Å². The predicted molar refractivity (Wildman–Crippen MR) is 317 cm³/mol. The van der Waals surface area contributed by atoms with E-state index in [9.17, 15) is 0 Å². The van der Waals surface area contributed by atoms with Gasteiger partial charge in [0.1, 0.15) is 0 Å². The second kappa shape index (κ2) is 17.0. The Bertz CT molecular complexity index is 3640. The molecule has 4 aliphatic rings. The average molecular weight is 960 g/mol. The Morgan fingerprint density at radius 3 is 1.47 bits per heavy atom. The maximum absolute atomic E-state index is 2.81. The molecule has 2 atom stereocenters. The largest absolute Gasteiger partial charge is 0.334 e. The Hall–Kier alpha value is -7.56. The Morgan fingerprint density at radius 2 is 0.865 bits per heavy atom. The zero-order chi connectivity index (χ0) is 50.7. The van der Waals surface area contributed by atoms with Gasteiger partial charge in [-0.2, -0.15) is 0 Å². The fraction of sp³-hybridized carbons (Fsp3) is 0.229. The van der Waals surface area contributed by atoms with Crippen molar-refractivity contribution >= 4 is 68.6 Å². The van der Waals surface area contributed by atoms with Crippen molar-refractivity contribution in [2.75, 3.05) is 14.7 Å². The lowest BCUT2D eigenvalue weighted by Gasteiger charge is -2.51. The number of hydrogen-bond acceptors (Lipinski definition) is 3. The third kappa shape index (κ3) is 7.23. The molecule has 1 saturated carbocycles. The summed E-state index contributed by atoms with van der Waals surface area (Å²) in [7, 11) is 0. The summed E-state index contributed by atoms with van der Waals surface area (Å²) in [4.78, 5) is 8.09. The van der Waals surface area contributed by atoms with Gasteiger partial charge in [0.15, 0.2) is 0 Å². The third-order valence-corrected chi connectivity index (χ3v) is 17.7. The van der Waals surface area contributed by atoms with Crippen molar-refractivity contribution in [1.82, 2.24) is 0 Å². The van der Waals surface area contributed by atoms with Crippen molar-refractivity contribution in [2.45, 2.75) is 103 Å². The smallest absolute Gasteiger partial charge is 0.252 e. The number of anilines is 8. The number of nitrogens with zero attached hydrogens (tertiary/aromatic N) is 3. The highest BCUT2D eigenvalue weighted by atomic mass is 15.3. The molecule has 0 aromatic heterocycles. The van der Waals surface area contributed by atoms with Gasteiger partial charge in [-0.3, -0.25) is 0 Å². The van der Waals surface area contributed by atoms with Crippen LogP contribution >= 0.6 is 0 Å². The van der Waals surface area contributed by atoms with Crippen LogP contribution < -0.4 is 31.1 Å². The van der Waals surface area contributed by atoms with Crippen LogP contribution in [0, 0.1) is 0 Å². The molecule has 1 fully saturated rings. The van der Waals surface area contributed by atoms with E-state index in [0.29, 0.717) is 0 Å². The molecular formula is C70H66BN3. The summed E-state index contributed by atoms with van der Waals surface area (Å²) in [5, 5.41) is 0. The fourth-order valence-corrected chi connectivity index (χ4v) is 13.5. The highest BCUT2D eigenvalue weighted by molar-refractivity contribution is 7.00. The molecule has 0 radical (unpaired) electrons. The van der Waals surface area contributed by atoms with Gasteiger partial charge in [0.05, 0.1) is 5.54 Å². The van der Waals surface area contributed by atoms with E-state index in [1.54, 1.807) is 0 Å². The number of hydrogen-bond donors (Lipinski definition) is 0. The summed E-state index contributed by atoms with van der Waals surface area (Å²) in [6.07, 6.45) is 4.68. The molecule has 0 saturated heterocycles. The van der Waals surface area contributed by atoms with E-state index in [-0.39, 0.29) is 28.5 Å². The Labute approximate surface area is 440 Å². The van der Waals surface area contributed by atoms with Gasteiger partial charge in [0.2, 0.25) is 0 Å². The number of rotatable bonds is 6. The Morgan fingerprint density at radius 1 is 0.378 bits per heavy atom. The zero-order valence-corrected chi connectivity index (χ0v) is 44.4. The Kier molecular flexibility index (Phi) is 10.6. The molecule has 3 nitrogen and oxygen atoms in total. The molecule has 9 aromatic carbocycles. The first kappa shape index (κ1) is 46.2. The van der Waals surface area contributed by atoms with E-state index in [0.717, 1.165) is 18.5 Å². The van der Waals surface area contributed by atoms with Crippen LogP contribution in [0.15, 0.2) is 206 Å². The van der Waals surface area contributed by atoms with Crippen LogP contribution in [0.2, 0.25) is 0 Å². The van der Waals surface area contributed by atoms with Gasteiger partial charge in [-0.25, -0.2) is 0 Å². The second-order valence-corrected chi connectivity index (χ2v) is 24.1. The molecule has 1 aliphatic carbocycles. The van der Waals surface area contributed by atoms with Gasteiger partial charge >= 0.3 is 0 Å². The quantitative estimate of drug-likeness (QED) is 0.154. The summed E-state index contributed by atoms with van der Waals surface area (Å²) in [5.41, 5.74) is 25.0. The molecule has 4 heteroatoms. The molecule has 0 N–H and O–H groups in total. The van der Waals surface area contributed by atoms with Crippen molar-refractivity contribution in [1.29, 1.82) is 0 Å². The lowest BCUT2D eigenvalue weighted by Crippen LogP contribution is -2.61. The van der Waals surface area contributed by atoms with Crippen LogP contribution in [0.25, 0.3) is 33.4 Å². The average Bonchev–Trinajstić information content (AvgIpc) is 3.64. The third-order valence-electron chi connectivity index (χ3n) is 17.7. The first-order valence-corrected chi connectivity index (χ1v) is 27.1. The molecule has 2 unspecified atom stereocenters. The van der Waals surface area contributed by atoms with Crippen LogP contribution in [0.4, 0.5) is 45.5 Å². The van der Waals surface area contributed by atoms with Crippen LogP contribution in [-0.2, 0) is 16.2 Å². The minimum absolute atomic E-state index is 0.0247. The maximum atomic E-state index is 2.81. The van der Waals surface area contributed by atoms with Gasteiger partial charge in [0, 0.05) is 50.9 Å². The Balaban J connectivity index is 1.15. The predicted octanol–water partition coefficient (Wildman–Crippen LogP) is 17.1. The number of benzene rings is 9. The minimum atomic E-state index is -0.183. The first-order valence-electron chi connectivity index (χ1n) is 27.1. The van der Waals surface area contributed by atoms with E-state index in [1.807, 2.05) is 0 Å². The molecule has 0 spiro atoms. The zero-order valence-electron chi connectivity index (χ0n) is 44.4. The monoisotopic (exact) mass is 960 g/mol. The summed E-state index contributed by atoms with van der Waals surface area (Å²) < 4.78 is 0. The highest BCUT2D eigenvalue weighted by Gasteiger charge is 2.58. The topological polar surface area (TPSA) is 9.72 Å². The molecule has 3 aliphatic heterocycles. The highest BCUT2D eigenvalue weighted by Crippen LogP contribution is 2.62. The van der Waals surface area contributed by atoms with Crippen LogP contribution in [0.5, 0.6) is 0 Å². The number of fused-ring (bicyclic) bond motifs is 7. The maximum Gasteiger partial charge on any atom is 0.252 e. The lowest BCUT2D eigenvalue weighted by atomic mass is 9.33. The van der Waals surface area contributed by atoms with Crippen LogP contribution in [0.1, 0.15) is 97.8 Å². The van der Waals surface area contributed by atoms with Gasteiger partial charge in [-0.1, -0.05) is 207 Å². The summed E-state index contributed by atoms with van der Waals surface area (Å²) in [6.45, 7) is 19.2. The van der Waals surface area contributed by atoms with Crippen LogP contribution in [0.3, 0.4) is 0 Å². The van der Waals surface area contributed by atoms with Crippen molar-refractivity contribution in [2.24, 2.45) is 0 Å². The lowest BCUT2D eigenvalue weighted by molar-refractivity contribution is 0.195. The summed E-state index contributed by atoms with van der Waals surface area (Å²) in [6, 6.07) is 78.7. The van der Waals surface area contributed by atoms with E-state index in [1.165, 1.54) is 119 Å². The molecule has 13 rings (SSSR count). The van der Waals surface area contributed by atoms with Gasteiger partial charge in [-0.05, 0) is 158 Å². The molecule has 0 bridgehead atoms. The molecule has 364 valence electrons. The van der Waals surface area contributed by atoms with E-state index in [4.69, 9.17) is 0 Å². The molecule has 9 aromatic rings. The van der Waals surface area contributed by atoms with Gasteiger partial charge in [-0.15, -0.1) is 0 Å². The standard InChI is InChI=1S/C70H66BN3/c1-67(2,3)53-29-21-31-56(43-53)73-63-44-54(68(4,5)6)34-36-60(63)71-59-35-32-52(49-26-16-11-17-27-49)42-62(59)72(55-30-20-28-50(40-55)47-22-12-9-13-23-47)64-45-57(46-65(73)66(64)71)74-61-37-33-51(48-24-14-10-15-25-48)41-58(61)69(7)38-18-19-39-70(69,74)8/h9-17,20-37,40-46H,18-19,38-39H2,1-8H3. The van der Waals surface area contributed by atoms with Crippen molar-refractivity contribution in [3.05, 3.63) is 223 Å². The molecule has 74 heavy (non-hydrogen) atoms. The van der Waals surface area contributed by atoms with Crippen molar-refractivity contribution < 1.29 is 0 Å². The summed E-state index contributed by atoms with van der Waals surface area (Å²) >= 11 is 0. The van der Waals surface area contributed by atoms with E-state index >= 15 is 0 Å². The molecule has 3 heterocycles. The van der Waals surface area contributed by atoms with Gasteiger partial charge < -0.3 is 14.7 Å². The van der Waals surface area contributed by atoms with E-state index in [2.05, 4.69) is 276 Å². The SMILES string of the molecule is CC(C)(C)c1cccc(N2c3cc(C(C)(C)C)ccc3B3c4ccc(-c5ccccc5)cc4N(c4cccc(-c5ccccc5)c4)c4cc(N5c6ccc(-c7ccccc7)cc6C6(C)CCCCC56C)cc2c43)c1. The fourth-order valence-electron chi connectivity index (χ4n) is 13.5. The molecular weight excluding hydrogens is 894 g/mol. The van der Waals surface area contributed by atoms with Crippen LogP contribution in [-0.4, -0.2) is 12.3 Å². The minimum Gasteiger partial charge on any atom is -0.334 e. The second-order valence-electron chi connectivity index (χ2n) is 24.1. The normalized spacial score (nSPS) is 18.6. The molecule has 0 amide bonds. The first-order chi connectivity index (χ1) is 35.7. The van der Waals surface area contributed by atoms with E-state index < -0.39 is 0 Å². The summed E-state index contributed by atoms with van der Waals surface area (Å²) in [5.74, 6) is 0. The van der Waals surface area contributed by atoms with Crippen molar-refractivity contribution in [3.8, 4) is 33.4 Å². The van der Waals surface area contributed by atoms with Crippen molar-refractivity contribution in [3.63, 3.8) is 0 Å².